The van der Waals surface area contributed by atoms with Gasteiger partial charge in [-0.1, -0.05) is 5.16 Å². The number of hydrogen-bond acceptors (Lipinski definition) is 6. The Kier molecular flexibility index (Phi) is 4.90. The van der Waals surface area contributed by atoms with Gasteiger partial charge in [-0.15, -0.1) is 0 Å². The second-order valence-electron chi connectivity index (χ2n) is 5.53. The molecule has 1 aromatic heterocycles. The van der Waals surface area contributed by atoms with Crippen LogP contribution in [0, 0.1) is 0 Å². The molecule has 0 bridgehead atoms. The molecule has 2 rings (SSSR count). The quantitative estimate of drug-likeness (QED) is 0.840. The third kappa shape index (κ3) is 3.75. The van der Waals surface area contributed by atoms with Gasteiger partial charge < -0.3 is 14.7 Å². The molecule has 1 aliphatic rings. The molecule has 1 aliphatic heterocycles. The fourth-order valence-electron chi connectivity index (χ4n) is 2.28. The molecule has 6 nitrogen and oxygen atoms in total. The van der Waals surface area contributed by atoms with E-state index in [2.05, 4.69) is 46.3 Å². The molecule has 2 unspecified atom stereocenters. The van der Waals surface area contributed by atoms with Crippen molar-refractivity contribution in [2.45, 2.75) is 31.8 Å². The first-order valence-electron chi connectivity index (χ1n) is 6.98. The largest absolute Gasteiger partial charge is 0.339 e. The molecule has 1 aromatic rings. The van der Waals surface area contributed by atoms with Crippen molar-refractivity contribution >= 4 is 0 Å². The van der Waals surface area contributed by atoms with E-state index < -0.39 is 0 Å². The summed E-state index contributed by atoms with van der Waals surface area (Å²) in [7, 11) is 6.23. The van der Waals surface area contributed by atoms with Crippen molar-refractivity contribution < 1.29 is 4.52 Å². The van der Waals surface area contributed by atoms with Crippen LogP contribution in [0.15, 0.2) is 4.52 Å². The van der Waals surface area contributed by atoms with Crippen LogP contribution in [-0.2, 0) is 6.42 Å². The first-order valence-corrected chi connectivity index (χ1v) is 6.98. The monoisotopic (exact) mass is 267 g/mol. The van der Waals surface area contributed by atoms with Gasteiger partial charge in [0.1, 0.15) is 0 Å². The van der Waals surface area contributed by atoms with Crippen molar-refractivity contribution in [1.82, 2.24) is 25.3 Å². The first-order chi connectivity index (χ1) is 9.10. The van der Waals surface area contributed by atoms with E-state index in [-0.39, 0.29) is 6.04 Å². The second-order valence-corrected chi connectivity index (χ2v) is 5.53. The lowest BCUT2D eigenvalue weighted by Crippen LogP contribution is -2.45. The third-order valence-corrected chi connectivity index (χ3v) is 3.92. The molecule has 0 spiro atoms. The minimum absolute atomic E-state index is 0.248. The third-order valence-electron chi connectivity index (χ3n) is 3.92. The van der Waals surface area contributed by atoms with Gasteiger partial charge in [-0.05, 0) is 34.5 Å². The zero-order chi connectivity index (χ0) is 13.8. The average molecular weight is 267 g/mol. The maximum absolute atomic E-state index is 5.36. The maximum Gasteiger partial charge on any atom is 0.226 e. The number of aromatic nitrogens is 2. The molecule has 0 aliphatic carbocycles. The van der Waals surface area contributed by atoms with Crippen molar-refractivity contribution in [3.8, 4) is 0 Å². The zero-order valence-corrected chi connectivity index (χ0v) is 12.4. The van der Waals surface area contributed by atoms with Gasteiger partial charge in [-0.3, -0.25) is 4.90 Å². The molecule has 0 amide bonds. The van der Waals surface area contributed by atoms with Crippen LogP contribution in [-0.4, -0.2) is 66.8 Å². The van der Waals surface area contributed by atoms with E-state index in [0.29, 0.717) is 6.04 Å². The number of hydrogen-bond donors (Lipinski definition) is 1. The van der Waals surface area contributed by atoms with Crippen molar-refractivity contribution in [3.05, 3.63) is 11.7 Å². The molecule has 19 heavy (non-hydrogen) atoms. The van der Waals surface area contributed by atoms with Crippen LogP contribution >= 0.6 is 0 Å². The summed E-state index contributed by atoms with van der Waals surface area (Å²) in [6.45, 7) is 5.25. The van der Waals surface area contributed by atoms with Gasteiger partial charge in [0.25, 0.3) is 0 Å². The Balaban J connectivity index is 1.95. The van der Waals surface area contributed by atoms with Crippen molar-refractivity contribution in [1.29, 1.82) is 0 Å². The van der Waals surface area contributed by atoms with Gasteiger partial charge in [0.15, 0.2) is 5.82 Å². The van der Waals surface area contributed by atoms with Crippen LogP contribution in [0.1, 0.15) is 31.1 Å². The van der Waals surface area contributed by atoms with Gasteiger partial charge in [-0.25, -0.2) is 0 Å². The van der Waals surface area contributed by atoms with E-state index in [9.17, 15) is 0 Å². The van der Waals surface area contributed by atoms with Gasteiger partial charge in [0.2, 0.25) is 5.89 Å². The Bertz CT molecular complexity index is 394. The van der Waals surface area contributed by atoms with Gasteiger partial charge >= 0.3 is 0 Å². The fraction of sp³-hybridized carbons (Fsp3) is 0.846. The Labute approximate surface area is 115 Å². The molecule has 1 fully saturated rings. The summed E-state index contributed by atoms with van der Waals surface area (Å²) < 4.78 is 5.36. The Hall–Kier alpha value is -0.980. The number of likely N-dealkylation sites (N-methyl/N-ethyl adjacent to an activating group) is 2. The molecule has 1 saturated heterocycles. The highest BCUT2D eigenvalue weighted by atomic mass is 16.5. The summed E-state index contributed by atoms with van der Waals surface area (Å²) in [6.07, 6.45) is 1.85. The van der Waals surface area contributed by atoms with Crippen molar-refractivity contribution in [2.24, 2.45) is 0 Å². The molecule has 0 saturated carbocycles. The number of rotatable bonds is 5. The molecular weight excluding hydrogens is 242 g/mol. The molecule has 108 valence electrons. The Morgan fingerprint density at radius 1 is 1.42 bits per heavy atom. The number of aryl methyl sites for hydroxylation is 1. The summed E-state index contributed by atoms with van der Waals surface area (Å²) in [4.78, 5) is 9.16. The molecule has 0 radical (unpaired) electrons. The predicted octanol–water partition coefficient (Wildman–Crippen LogP) is 0.528. The standard InChI is InChI=1S/C13H25N5O/c1-10(14-2)5-6-12-15-13(16-19-12)11-9-17(3)7-8-18(11)4/h10-11,14H,5-9H2,1-4H3. The Morgan fingerprint density at radius 2 is 2.21 bits per heavy atom. The summed E-state index contributed by atoms with van der Waals surface area (Å²) in [6, 6.07) is 0.719. The Morgan fingerprint density at radius 3 is 2.95 bits per heavy atom. The lowest BCUT2D eigenvalue weighted by molar-refractivity contribution is 0.108. The summed E-state index contributed by atoms with van der Waals surface area (Å²) >= 11 is 0. The van der Waals surface area contributed by atoms with E-state index >= 15 is 0 Å². The normalized spacial score (nSPS) is 23.7. The molecule has 2 heterocycles. The predicted molar refractivity (Wildman–Crippen MR) is 74.0 cm³/mol. The van der Waals surface area contributed by atoms with Gasteiger partial charge in [0, 0.05) is 32.1 Å². The number of piperazine rings is 1. The van der Waals surface area contributed by atoms with Crippen LogP contribution in [0.3, 0.4) is 0 Å². The molecule has 1 N–H and O–H groups in total. The average Bonchev–Trinajstić information content (AvgIpc) is 2.87. The van der Waals surface area contributed by atoms with Crippen LogP contribution in [0.5, 0.6) is 0 Å². The van der Waals surface area contributed by atoms with E-state index in [1.54, 1.807) is 0 Å². The van der Waals surface area contributed by atoms with Gasteiger partial charge in [-0.2, -0.15) is 4.98 Å². The highest BCUT2D eigenvalue weighted by Crippen LogP contribution is 2.21. The minimum atomic E-state index is 0.248. The number of nitrogens with one attached hydrogen (secondary N) is 1. The van der Waals surface area contributed by atoms with Crippen molar-refractivity contribution in [2.75, 3.05) is 40.8 Å². The van der Waals surface area contributed by atoms with Crippen LogP contribution in [0.2, 0.25) is 0 Å². The minimum Gasteiger partial charge on any atom is -0.339 e. The summed E-state index contributed by atoms with van der Waals surface area (Å²) in [5.74, 6) is 1.57. The van der Waals surface area contributed by atoms with Crippen LogP contribution in [0.25, 0.3) is 0 Å². The SMILES string of the molecule is CNC(C)CCc1nc(C2CN(C)CCN2C)no1. The van der Waals surface area contributed by atoms with Gasteiger partial charge in [0.05, 0.1) is 6.04 Å². The lowest BCUT2D eigenvalue weighted by Gasteiger charge is -2.35. The highest BCUT2D eigenvalue weighted by molar-refractivity contribution is 4.98. The summed E-state index contributed by atoms with van der Waals surface area (Å²) in [5, 5.41) is 7.37. The van der Waals surface area contributed by atoms with Crippen LogP contribution in [0.4, 0.5) is 0 Å². The van der Waals surface area contributed by atoms with E-state index in [1.807, 2.05) is 7.05 Å². The van der Waals surface area contributed by atoms with E-state index in [1.165, 1.54) is 0 Å². The zero-order valence-electron chi connectivity index (χ0n) is 12.4. The molecule has 6 heteroatoms. The topological polar surface area (TPSA) is 57.4 Å². The highest BCUT2D eigenvalue weighted by Gasteiger charge is 2.27. The molecular formula is C13H25N5O. The van der Waals surface area contributed by atoms with Crippen LogP contribution < -0.4 is 5.32 Å². The number of nitrogens with zero attached hydrogens (tertiary/aromatic N) is 4. The van der Waals surface area contributed by atoms with E-state index in [0.717, 1.165) is 44.2 Å². The molecule has 0 aromatic carbocycles. The lowest BCUT2D eigenvalue weighted by atomic mass is 10.1. The smallest absolute Gasteiger partial charge is 0.226 e. The van der Waals surface area contributed by atoms with E-state index in [4.69, 9.17) is 4.52 Å². The first kappa shape index (κ1) is 14.4. The second kappa shape index (κ2) is 6.45. The molecule has 2 atom stereocenters. The maximum atomic E-state index is 5.36. The van der Waals surface area contributed by atoms with Crippen molar-refractivity contribution in [3.63, 3.8) is 0 Å². The fourth-order valence-corrected chi connectivity index (χ4v) is 2.28. The summed E-state index contributed by atoms with van der Waals surface area (Å²) in [5.41, 5.74) is 0.